The average Bonchev–Trinajstić information content (AvgIpc) is 3.27. The number of aliphatic hydroxyl groups is 1. The fourth-order valence-corrected chi connectivity index (χ4v) is 13.3. The lowest BCUT2D eigenvalue weighted by molar-refractivity contribution is -0.165. The van der Waals surface area contributed by atoms with Gasteiger partial charge >= 0.3 is 11.9 Å². The normalized spacial score (nSPS) is 16.2. The molecule has 3 N–H and O–H groups in total. The van der Waals surface area contributed by atoms with E-state index in [2.05, 4.69) is 72.6 Å². The van der Waals surface area contributed by atoms with Crippen LogP contribution in [0.4, 0.5) is 0 Å². The highest BCUT2D eigenvalue weighted by atomic mass is 32.1. The number of azide groups is 1. The Bertz CT molecular complexity index is 1870. The average molecular weight is 941 g/mol. The van der Waals surface area contributed by atoms with Crippen LogP contribution in [0.25, 0.3) is 10.4 Å². The van der Waals surface area contributed by atoms with Crippen LogP contribution in [-0.4, -0.2) is 117 Å². The van der Waals surface area contributed by atoms with Crippen LogP contribution >= 0.6 is 12.2 Å². The first-order chi connectivity index (χ1) is 30.4. The summed E-state index contributed by atoms with van der Waals surface area (Å²) in [5, 5.41) is 22.1. The molecule has 15 nitrogen and oxygen atoms in total. The molecule has 0 aromatic heterocycles. The number of aliphatic hydroxyl groups excluding tert-OH is 1. The molecule has 362 valence electrons. The number of amides is 2. The van der Waals surface area contributed by atoms with Gasteiger partial charge in [0.2, 0.25) is 5.91 Å². The smallest absolute Gasteiger partial charge is 0.328 e. The molecule has 8 atom stereocenters. The van der Waals surface area contributed by atoms with Crippen LogP contribution in [0.15, 0.2) is 65.8 Å². The number of hydrogen-bond acceptors (Lipinski definition) is 11. The number of benzene rings is 2. The van der Waals surface area contributed by atoms with Gasteiger partial charge in [0.1, 0.15) is 23.7 Å². The summed E-state index contributed by atoms with van der Waals surface area (Å²) in [4.78, 5) is 59.2. The number of hydrogen-bond donors (Lipinski definition) is 3. The molecule has 0 unspecified atom stereocenters. The van der Waals surface area contributed by atoms with Crippen molar-refractivity contribution in [1.82, 2.24) is 15.5 Å². The monoisotopic (exact) mass is 941 g/mol. The number of thiocarbonyl (C=S) groups is 1. The lowest BCUT2D eigenvalue weighted by Gasteiger charge is -2.43. The number of nitrogens with one attached hydrogen (secondary N) is 2. The van der Waals surface area contributed by atoms with Crippen LogP contribution in [0, 0.1) is 17.3 Å². The highest BCUT2D eigenvalue weighted by Crippen LogP contribution is 2.37. The molecule has 0 aliphatic heterocycles. The van der Waals surface area contributed by atoms with Crippen molar-refractivity contribution in [2.45, 2.75) is 149 Å². The Balaban J connectivity index is 2.33. The SMILES string of the molecule is CCC[C@@H](CC[C@@H](C)[C@H](OC(=O)[C@H](C)N=[N+]=[N-])C(C)(C)C(=O)N[C@@H](C)C(=S)N[C@@](C)(CO)C(=O)N(C)[C@H](C(=O)OC)[C@@H](C)CCO[Si](c1ccccc1)(c1ccccc1)C(C)(C)C)OC. The molecule has 17 heteroatoms. The molecule has 65 heavy (non-hydrogen) atoms. The van der Waals surface area contributed by atoms with Gasteiger partial charge in [0, 0.05) is 25.7 Å². The van der Waals surface area contributed by atoms with Crippen molar-refractivity contribution in [2.24, 2.45) is 22.4 Å². The first-order valence-electron chi connectivity index (χ1n) is 22.5. The predicted molar refractivity (Wildman–Crippen MR) is 261 cm³/mol. The second-order valence-electron chi connectivity index (χ2n) is 19.0. The van der Waals surface area contributed by atoms with Gasteiger partial charge in [-0.05, 0) is 93.1 Å². The largest absolute Gasteiger partial charge is 0.467 e. The maximum atomic E-state index is 14.4. The summed E-state index contributed by atoms with van der Waals surface area (Å²) in [5.41, 5.74) is 5.90. The van der Waals surface area contributed by atoms with Gasteiger partial charge < -0.3 is 39.3 Å². The fraction of sp³-hybridized carbons (Fsp3) is 0.646. The van der Waals surface area contributed by atoms with E-state index in [0.717, 1.165) is 23.2 Å². The molecule has 0 heterocycles. The van der Waals surface area contributed by atoms with Gasteiger partial charge in [0.05, 0.1) is 36.3 Å². The van der Waals surface area contributed by atoms with Gasteiger partial charge in [0.25, 0.3) is 14.2 Å². The topological polar surface area (TPSA) is 201 Å². The zero-order valence-corrected chi connectivity index (χ0v) is 43.0. The van der Waals surface area contributed by atoms with Crippen LogP contribution in [0.5, 0.6) is 0 Å². The first-order valence-corrected chi connectivity index (χ1v) is 24.9. The van der Waals surface area contributed by atoms with Crippen molar-refractivity contribution in [2.75, 3.05) is 34.5 Å². The Morgan fingerprint density at radius 3 is 1.88 bits per heavy atom. The first kappa shape index (κ1) is 56.7. The standard InChI is InChI=1S/C48H76N6O9SSi/c1-15-22-36(60-13)28-27-33(3)40(63-42(56)35(5)52-53-49)47(9,10)44(58)50-34(4)41(64)51-48(11,31-55)45(59)54(12)39(43(57)61-14)32(2)29-30-62-65(46(6,7)8,37-23-18-16-19-24-37)38-25-20-17-21-26-38/h16-21,23-26,32-36,39-40,55H,15,22,27-31H2,1-14H3,(H,50,58)(H,51,64)/t32-,33+,34-,35-,36-,39-,40-,48-/m0/s1. The van der Waals surface area contributed by atoms with Crippen LogP contribution < -0.4 is 21.0 Å². The molecule has 2 amide bonds. The minimum absolute atomic E-state index is 0.0101. The van der Waals surface area contributed by atoms with Gasteiger partial charge in [-0.15, -0.1) is 0 Å². The van der Waals surface area contributed by atoms with E-state index >= 15 is 0 Å². The molecule has 0 saturated heterocycles. The number of nitrogens with zero attached hydrogens (tertiary/aromatic N) is 4. The maximum Gasteiger partial charge on any atom is 0.328 e. The number of esters is 2. The van der Waals surface area contributed by atoms with E-state index in [1.807, 2.05) is 50.2 Å². The highest BCUT2D eigenvalue weighted by molar-refractivity contribution is 7.80. The van der Waals surface area contributed by atoms with Crippen molar-refractivity contribution < 1.29 is 42.9 Å². The zero-order valence-electron chi connectivity index (χ0n) is 41.2. The lowest BCUT2D eigenvalue weighted by atomic mass is 9.77. The third-order valence-corrected chi connectivity index (χ3v) is 18.0. The fourth-order valence-electron chi connectivity index (χ4n) is 8.47. The number of ether oxygens (including phenoxy) is 3. The molecule has 0 aliphatic rings. The van der Waals surface area contributed by atoms with Crippen LogP contribution in [-0.2, 0) is 37.8 Å². The van der Waals surface area contributed by atoms with Gasteiger partial charge in [-0.25, -0.2) is 4.79 Å². The minimum atomic E-state index is -2.89. The molecule has 2 aromatic carbocycles. The molecular formula is C48H76N6O9SSi. The quantitative estimate of drug-likeness (QED) is 0.0228. The van der Waals surface area contributed by atoms with E-state index in [4.69, 9.17) is 36.4 Å². The van der Waals surface area contributed by atoms with Crippen LogP contribution in [0.1, 0.15) is 108 Å². The molecule has 2 aromatic rings. The molecule has 0 saturated carbocycles. The molecule has 2 rings (SSSR count). The summed E-state index contributed by atoms with van der Waals surface area (Å²) >= 11 is 5.73. The van der Waals surface area contributed by atoms with Crippen molar-refractivity contribution in [3.63, 3.8) is 0 Å². The Hall–Kier alpha value is -4.38. The number of likely N-dealkylation sites (N-methyl/N-ethyl adjacent to an activating group) is 1. The summed E-state index contributed by atoms with van der Waals surface area (Å²) in [5.74, 6) is -3.30. The summed E-state index contributed by atoms with van der Waals surface area (Å²) < 4.78 is 23.9. The van der Waals surface area contributed by atoms with E-state index in [-0.39, 0.29) is 28.7 Å². The van der Waals surface area contributed by atoms with E-state index in [0.29, 0.717) is 19.3 Å². The van der Waals surface area contributed by atoms with Crippen LogP contribution in [0.3, 0.4) is 0 Å². The van der Waals surface area contributed by atoms with Crippen molar-refractivity contribution in [1.29, 1.82) is 0 Å². The van der Waals surface area contributed by atoms with Crippen LogP contribution in [0.2, 0.25) is 5.04 Å². The second-order valence-corrected chi connectivity index (χ2v) is 23.7. The summed E-state index contributed by atoms with van der Waals surface area (Å²) in [6.45, 7) is 19.8. The highest BCUT2D eigenvalue weighted by Gasteiger charge is 2.51. The molecular weight excluding hydrogens is 865 g/mol. The minimum Gasteiger partial charge on any atom is -0.467 e. The summed E-state index contributed by atoms with van der Waals surface area (Å²) in [6.07, 6.45) is 2.46. The van der Waals surface area contributed by atoms with E-state index in [1.54, 1.807) is 27.9 Å². The molecule has 0 bridgehead atoms. The van der Waals surface area contributed by atoms with Gasteiger partial charge in [0.15, 0.2) is 0 Å². The lowest BCUT2D eigenvalue weighted by Crippen LogP contribution is -2.66. The number of rotatable bonds is 26. The van der Waals surface area contributed by atoms with Gasteiger partial charge in [-0.3, -0.25) is 14.4 Å². The van der Waals surface area contributed by atoms with E-state index in [1.165, 1.54) is 32.9 Å². The number of carbonyl (C=O) groups is 4. The Labute approximate surface area is 393 Å². The van der Waals surface area contributed by atoms with Gasteiger partial charge in [-0.2, -0.15) is 0 Å². The molecule has 0 spiro atoms. The van der Waals surface area contributed by atoms with Crippen molar-refractivity contribution >= 4 is 59.7 Å². The third-order valence-electron chi connectivity index (χ3n) is 12.5. The Morgan fingerprint density at radius 2 is 1.42 bits per heavy atom. The Kier molecular flexibility index (Phi) is 22.3. The predicted octanol–water partition coefficient (Wildman–Crippen LogP) is 6.63. The zero-order chi connectivity index (χ0) is 49.3. The molecule has 0 aliphatic carbocycles. The summed E-state index contributed by atoms with van der Waals surface area (Å²) in [6, 6.07) is 17.4. The Morgan fingerprint density at radius 1 is 0.862 bits per heavy atom. The molecule has 0 radical (unpaired) electrons. The van der Waals surface area contributed by atoms with Crippen molar-refractivity contribution in [3.05, 3.63) is 71.1 Å². The second kappa shape index (κ2) is 25.5. The summed E-state index contributed by atoms with van der Waals surface area (Å²) in [7, 11) is 1.51. The van der Waals surface area contributed by atoms with Crippen molar-refractivity contribution in [3.8, 4) is 0 Å². The van der Waals surface area contributed by atoms with E-state index in [9.17, 15) is 24.3 Å². The van der Waals surface area contributed by atoms with E-state index < -0.39 is 79.8 Å². The van der Waals surface area contributed by atoms with Gasteiger partial charge in [-0.1, -0.05) is 126 Å². The molecule has 0 fully saturated rings. The third kappa shape index (κ3) is 14.6. The maximum absolute atomic E-state index is 14.4. The number of carbonyl (C=O) groups excluding carboxylic acids is 4. The number of methoxy groups -OCH3 is 2.